The summed E-state index contributed by atoms with van der Waals surface area (Å²) in [4.78, 5) is 36.4. The van der Waals surface area contributed by atoms with Gasteiger partial charge >= 0.3 is 12.1 Å². The minimum Gasteiger partial charge on any atom is -0.480 e. The van der Waals surface area contributed by atoms with Gasteiger partial charge in [0.25, 0.3) is 0 Å². The largest absolute Gasteiger partial charge is 0.480 e. The summed E-state index contributed by atoms with van der Waals surface area (Å²) < 4.78 is 10.7. The zero-order valence-corrected chi connectivity index (χ0v) is 20.7. The first-order valence-corrected chi connectivity index (χ1v) is 11.8. The number of methoxy groups -OCH3 is 1. The molecule has 0 fully saturated rings. The Morgan fingerprint density at radius 2 is 1.57 bits per heavy atom. The van der Waals surface area contributed by atoms with Crippen LogP contribution in [0.4, 0.5) is 4.79 Å². The van der Waals surface area contributed by atoms with Gasteiger partial charge in [-0.3, -0.25) is 4.79 Å². The van der Waals surface area contributed by atoms with Crippen LogP contribution in [0.15, 0.2) is 48.5 Å². The Kier molecular flexibility index (Phi) is 8.51. The van der Waals surface area contributed by atoms with Crippen molar-refractivity contribution in [2.24, 2.45) is 5.41 Å². The van der Waals surface area contributed by atoms with Gasteiger partial charge in [-0.1, -0.05) is 69.3 Å². The van der Waals surface area contributed by atoms with E-state index in [1.807, 2.05) is 57.2 Å². The number of carbonyl (C=O) groups excluding carboxylic acids is 2. The third-order valence-corrected chi connectivity index (χ3v) is 6.03. The molecule has 0 saturated heterocycles. The van der Waals surface area contributed by atoms with Crippen molar-refractivity contribution in [1.82, 2.24) is 10.6 Å². The summed E-state index contributed by atoms with van der Waals surface area (Å²) in [5, 5.41) is 14.6. The fourth-order valence-corrected chi connectivity index (χ4v) is 4.39. The lowest BCUT2D eigenvalue weighted by molar-refractivity contribution is -0.144. The van der Waals surface area contributed by atoms with Gasteiger partial charge in [-0.25, -0.2) is 9.59 Å². The molecule has 2 unspecified atom stereocenters. The van der Waals surface area contributed by atoms with Crippen LogP contribution in [0.5, 0.6) is 0 Å². The number of fused-ring (bicyclic) bond motifs is 3. The number of carboxylic acids is 1. The van der Waals surface area contributed by atoms with Gasteiger partial charge in [0, 0.05) is 26.0 Å². The number of rotatable bonds is 10. The van der Waals surface area contributed by atoms with Crippen molar-refractivity contribution >= 4 is 18.0 Å². The lowest BCUT2D eigenvalue weighted by Crippen LogP contribution is -2.48. The second-order valence-electron chi connectivity index (χ2n) is 9.93. The Hall–Kier alpha value is -3.39. The van der Waals surface area contributed by atoms with Crippen molar-refractivity contribution in [3.05, 3.63) is 59.7 Å². The van der Waals surface area contributed by atoms with E-state index in [4.69, 9.17) is 9.47 Å². The number of hydrogen-bond acceptors (Lipinski definition) is 5. The topological polar surface area (TPSA) is 114 Å². The first-order valence-electron chi connectivity index (χ1n) is 11.8. The van der Waals surface area contributed by atoms with Gasteiger partial charge in [-0.05, 0) is 34.1 Å². The molecular formula is C27H34N2O6. The maximum absolute atomic E-state index is 12.5. The molecule has 1 aliphatic rings. The van der Waals surface area contributed by atoms with E-state index in [0.717, 1.165) is 22.3 Å². The third kappa shape index (κ3) is 6.82. The molecule has 3 N–H and O–H groups in total. The minimum absolute atomic E-state index is 0.0404. The van der Waals surface area contributed by atoms with E-state index in [0.29, 0.717) is 0 Å². The van der Waals surface area contributed by atoms with Crippen molar-refractivity contribution in [3.8, 4) is 11.1 Å². The van der Waals surface area contributed by atoms with E-state index in [9.17, 15) is 19.5 Å². The van der Waals surface area contributed by atoms with Gasteiger partial charge < -0.3 is 25.2 Å². The Bertz CT molecular complexity index is 1020. The fourth-order valence-electron chi connectivity index (χ4n) is 4.39. The van der Waals surface area contributed by atoms with Gasteiger partial charge in [-0.15, -0.1) is 0 Å². The van der Waals surface area contributed by atoms with Crippen LogP contribution in [0, 0.1) is 5.41 Å². The highest BCUT2D eigenvalue weighted by atomic mass is 16.5. The predicted molar refractivity (Wildman–Crippen MR) is 132 cm³/mol. The number of nitrogens with one attached hydrogen (secondary N) is 2. The summed E-state index contributed by atoms with van der Waals surface area (Å²) in [5.41, 5.74) is 4.28. The number of benzene rings is 2. The van der Waals surface area contributed by atoms with Crippen molar-refractivity contribution in [3.63, 3.8) is 0 Å². The molecule has 2 amide bonds. The molecule has 2 aromatic carbocycles. The minimum atomic E-state index is -1.10. The molecule has 0 bridgehead atoms. The molecule has 0 aliphatic heterocycles. The van der Waals surface area contributed by atoms with E-state index in [1.54, 1.807) is 0 Å². The van der Waals surface area contributed by atoms with Gasteiger partial charge in [0.1, 0.15) is 18.8 Å². The SMILES string of the molecule is COC(CCNC(=O)OCC1c2ccccc2-c2ccccc21)C(=O)NC(CC(C)(C)C)C(=O)O. The Balaban J connectivity index is 1.49. The Morgan fingerprint density at radius 1 is 1.00 bits per heavy atom. The molecule has 35 heavy (non-hydrogen) atoms. The first-order chi connectivity index (χ1) is 16.6. The molecule has 2 atom stereocenters. The number of ether oxygens (including phenoxy) is 2. The van der Waals surface area contributed by atoms with Crippen LogP contribution in [0.1, 0.15) is 50.7 Å². The maximum atomic E-state index is 12.5. The standard InChI is InChI=1S/C27H34N2O6/c1-27(2,3)15-22(25(31)32)29-24(30)23(34-4)13-14-28-26(33)35-16-21-19-11-7-5-9-17(19)18-10-6-8-12-20(18)21/h5-12,21-23H,13-16H2,1-4H3,(H,28,33)(H,29,30)(H,31,32). The lowest BCUT2D eigenvalue weighted by atomic mass is 9.88. The molecule has 0 spiro atoms. The van der Waals surface area contributed by atoms with Crippen molar-refractivity contribution < 1.29 is 29.0 Å². The molecular weight excluding hydrogens is 448 g/mol. The molecule has 8 nitrogen and oxygen atoms in total. The highest BCUT2D eigenvalue weighted by molar-refractivity contribution is 5.86. The molecule has 2 aromatic rings. The van der Waals surface area contributed by atoms with Crippen LogP contribution in [-0.2, 0) is 19.1 Å². The smallest absolute Gasteiger partial charge is 0.407 e. The zero-order chi connectivity index (χ0) is 25.6. The second-order valence-corrected chi connectivity index (χ2v) is 9.93. The van der Waals surface area contributed by atoms with Crippen molar-refractivity contribution in [2.75, 3.05) is 20.3 Å². The zero-order valence-electron chi connectivity index (χ0n) is 20.7. The summed E-state index contributed by atoms with van der Waals surface area (Å²) in [6.45, 7) is 6.05. The average Bonchev–Trinajstić information content (AvgIpc) is 3.13. The summed E-state index contributed by atoms with van der Waals surface area (Å²) in [6.07, 6.45) is -1.03. The predicted octanol–water partition coefficient (Wildman–Crippen LogP) is 3.94. The number of hydrogen-bond donors (Lipinski definition) is 3. The molecule has 0 aromatic heterocycles. The van der Waals surface area contributed by atoms with Crippen LogP contribution in [0.3, 0.4) is 0 Å². The third-order valence-electron chi connectivity index (χ3n) is 6.03. The van der Waals surface area contributed by atoms with E-state index in [1.165, 1.54) is 7.11 Å². The molecule has 0 saturated carbocycles. The average molecular weight is 483 g/mol. The molecule has 0 radical (unpaired) electrons. The van der Waals surface area contributed by atoms with E-state index in [2.05, 4.69) is 22.8 Å². The van der Waals surface area contributed by atoms with Crippen molar-refractivity contribution in [1.29, 1.82) is 0 Å². The number of aliphatic carboxylic acids is 1. The molecule has 1 aliphatic carbocycles. The van der Waals surface area contributed by atoms with Gasteiger partial charge in [0.2, 0.25) is 5.91 Å². The van der Waals surface area contributed by atoms with Crippen LogP contribution >= 0.6 is 0 Å². The van der Waals surface area contributed by atoms with Gasteiger partial charge in [-0.2, -0.15) is 0 Å². The van der Waals surface area contributed by atoms with Gasteiger partial charge in [0.05, 0.1) is 0 Å². The molecule has 3 rings (SSSR count). The van der Waals surface area contributed by atoms with Crippen LogP contribution in [-0.4, -0.2) is 55.5 Å². The summed E-state index contributed by atoms with van der Waals surface area (Å²) in [7, 11) is 1.37. The lowest BCUT2D eigenvalue weighted by Gasteiger charge is -2.25. The summed E-state index contributed by atoms with van der Waals surface area (Å²) in [6, 6.07) is 15.2. The van der Waals surface area contributed by atoms with E-state index < -0.39 is 30.1 Å². The van der Waals surface area contributed by atoms with E-state index in [-0.39, 0.29) is 37.3 Å². The van der Waals surface area contributed by atoms with Crippen molar-refractivity contribution in [2.45, 2.75) is 51.7 Å². The van der Waals surface area contributed by atoms with Crippen LogP contribution < -0.4 is 10.6 Å². The fraction of sp³-hybridized carbons (Fsp3) is 0.444. The number of alkyl carbamates (subject to hydrolysis) is 1. The monoisotopic (exact) mass is 482 g/mol. The quantitative estimate of drug-likeness (QED) is 0.473. The highest BCUT2D eigenvalue weighted by Crippen LogP contribution is 2.44. The molecule has 8 heteroatoms. The van der Waals surface area contributed by atoms with Gasteiger partial charge in [0.15, 0.2) is 0 Å². The Labute approximate surface area is 206 Å². The summed E-state index contributed by atoms with van der Waals surface area (Å²) in [5.74, 6) is -1.67. The summed E-state index contributed by atoms with van der Waals surface area (Å²) >= 11 is 0. The normalized spacial score (nSPS) is 14.4. The van der Waals surface area contributed by atoms with Crippen LogP contribution in [0.25, 0.3) is 11.1 Å². The number of carbonyl (C=O) groups is 3. The number of carboxylic acid groups (broad SMARTS) is 1. The molecule has 188 valence electrons. The highest BCUT2D eigenvalue weighted by Gasteiger charge is 2.30. The first kappa shape index (κ1) is 26.2. The Morgan fingerprint density at radius 3 is 2.09 bits per heavy atom. The second kappa shape index (κ2) is 11.4. The maximum Gasteiger partial charge on any atom is 0.407 e. The van der Waals surface area contributed by atoms with E-state index >= 15 is 0 Å². The number of amides is 2. The van der Waals surface area contributed by atoms with Crippen LogP contribution in [0.2, 0.25) is 0 Å². The molecule has 0 heterocycles.